The first-order valence-corrected chi connectivity index (χ1v) is 10.5. The smallest absolute Gasteiger partial charge is 0.191 e. The highest BCUT2D eigenvalue weighted by Crippen LogP contribution is 2.21. The van der Waals surface area contributed by atoms with Gasteiger partial charge in [0.2, 0.25) is 0 Å². The Bertz CT molecular complexity index is 764. The molecule has 9 heteroatoms. The lowest BCUT2D eigenvalue weighted by atomic mass is 10.0. The van der Waals surface area contributed by atoms with Crippen molar-refractivity contribution in [3.63, 3.8) is 0 Å². The number of aliphatic imine (C=N–C) groups is 1. The van der Waals surface area contributed by atoms with E-state index >= 15 is 0 Å². The van der Waals surface area contributed by atoms with Crippen LogP contribution in [0.15, 0.2) is 34.8 Å². The van der Waals surface area contributed by atoms with Gasteiger partial charge in [-0.2, -0.15) is 0 Å². The lowest BCUT2D eigenvalue weighted by Gasteiger charge is -2.35. The van der Waals surface area contributed by atoms with Crippen molar-refractivity contribution in [2.75, 3.05) is 39.4 Å². The van der Waals surface area contributed by atoms with Crippen LogP contribution >= 0.6 is 35.3 Å². The van der Waals surface area contributed by atoms with Crippen LogP contribution in [0.25, 0.3) is 0 Å². The molecule has 1 saturated heterocycles. The number of aryl methyl sites for hydroxylation is 1. The molecule has 1 unspecified atom stereocenters. The van der Waals surface area contributed by atoms with Gasteiger partial charge < -0.3 is 15.4 Å². The van der Waals surface area contributed by atoms with Gasteiger partial charge in [-0.1, -0.05) is 12.1 Å². The Kier molecular flexibility index (Phi) is 10.3. The molecule has 0 aliphatic carbocycles. The van der Waals surface area contributed by atoms with Crippen molar-refractivity contribution in [3.8, 4) is 0 Å². The summed E-state index contributed by atoms with van der Waals surface area (Å²) in [6, 6.07) is 6.89. The molecule has 29 heavy (non-hydrogen) atoms. The third kappa shape index (κ3) is 7.16. The van der Waals surface area contributed by atoms with Gasteiger partial charge >= 0.3 is 0 Å². The summed E-state index contributed by atoms with van der Waals surface area (Å²) in [5.41, 5.74) is 3.97. The summed E-state index contributed by atoms with van der Waals surface area (Å²) in [6.45, 7) is 9.28. The van der Waals surface area contributed by atoms with Crippen molar-refractivity contribution in [3.05, 3.63) is 51.7 Å². The van der Waals surface area contributed by atoms with Crippen LogP contribution in [0.2, 0.25) is 0 Å². The molecule has 1 aliphatic rings. The highest BCUT2D eigenvalue weighted by molar-refractivity contribution is 14.0. The number of guanidine groups is 1. The number of morpholine rings is 1. The second-order valence-electron chi connectivity index (χ2n) is 6.65. The number of ether oxygens (including phenoxy) is 1. The number of aromatic nitrogens is 1. The van der Waals surface area contributed by atoms with E-state index in [2.05, 4.69) is 27.4 Å². The largest absolute Gasteiger partial charge is 0.379 e. The fourth-order valence-electron chi connectivity index (χ4n) is 3.20. The second kappa shape index (κ2) is 12.4. The molecule has 2 aromatic rings. The molecule has 0 spiro atoms. The van der Waals surface area contributed by atoms with Gasteiger partial charge in [0.25, 0.3) is 0 Å². The van der Waals surface area contributed by atoms with Crippen molar-refractivity contribution in [2.45, 2.75) is 26.4 Å². The molecular weight excluding hydrogens is 504 g/mol. The van der Waals surface area contributed by atoms with E-state index in [4.69, 9.17) is 9.73 Å². The third-order valence-electron chi connectivity index (χ3n) is 4.77. The number of thiazole rings is 1. The summed E-state index contributed by atoms with van der Waals surface area (Å²) in [7, 11) is 0. The Morgan fingerprint density at radius 2 is 2.00 bits per heavy atom. The maximum atomic E-state index is 13.4. The van der Waals surface area contributed by atoms with Crippen LogP contribution in [-0.2, 0) is 11.3 Å². The highest BCUT2D eigenvalue weighted by Gasteiger charge is 2.23. The van der Waals surface area contributed by atoms with Crippen molar-refractivity contribution in [1.29, 1.82) is 0 Å². The van der Waals surface area contributed by atoms with Crippen LogP contribution in [0.1, 0.15) is 29.1 Å². The molecule has 160 valence electrons. The normalized spacial score (nSPS) is 16.2. The molecule has 2 N–H and O–H groups in total. The molecule has 0 radical (unpaired) electrons. The molecule has 0 bridgehead atoms. The summed E-state index contributed by atoms with van der Waals surface area (Å²) in [5.74, 6) is 0.558. The molecule has 1 aliphatic heterocycles. The average Bonchev–Trinajstić information content (AvgIpc) is 3.13. The fraction of sp³-hybridized carbons (Fsp3) is 0.500. The van der Waals surface area contributed by atoms with Gasteiger partial charge in [-0.25, -0.2) is 14.4 Å². The summed E-state index contributed by atoms with van der Waals surface area (Å²) < 4.78 is 18.9. The first-order valence-electron chi connectivity index (χ1n) is 9.65. The van der Waals surface area contributed by atoms with Crippen molar-refractivity contribution < 1.29 is 9.13 Å². The lowest BCUT2D eigenvalue weighted by molar-refractivity contribution is 0.0170. The van der Waals surface area contributed by atoms with Gasteiger partial charge in [0.05, 0.1) is 37.0 Å². The number of halogens is 2. The van der Waals surface area contributed by atoms with Crippen LogP contribution in [-0.4, -0.2) is 55.2 Å². The Morgan fingerprint density at radius 3 is 2.62 bits per heavy atom. The van der Waals surface area contributed by atoms with Gasteiger partial charge in [0.1, 0.15) is 5.82 Å². The minimum absolute atomic E-state index is 0. The van der Waals surface area contributed by atoms with E-state index in [0.29, 0.717) is 13.1 Å². The summed E-state index contributed by atoms with van der Waals surface area (Å²) in [4.78, 5) is 12.5. The zero-order valence-corrected chi connectivity index (χ0v) is 20.0. The van der Waals surface area contributed by atoms with Crippen LogP contribution in [0.4, 0.5) is 4.39 Å². The summed E-state index contributed by atoms with van der Waals surface area (Å²) in [6.07, 6.45) is 0. The minimum Gasteiger partial charge on any atom is -0.379 e. The Hall–Kier alpha value is -1.30. The number of nitrogens with zero attached hydrogens (tertiary/aromatic N) is 3. The Labute approximate surface area is 193 Å². The summed E-state index contributed by atoms with van der Waals surface area (Å²) in [5, 5.41) is 6.76. The highest BCUT2D eigenvalue weighted by atomic mass is 127. The van der Waals surface area contributed by atoms with Gasteiger partial charge in [0.15, 0.2) is 5.96 Å². The number of nitrogens with one attached hydrogen (secondary N) is 2. The van der Waals surface area contributed by atoms with E-state index in [1.54, 1.807) is 11.3 Å². The molecule has 1 aromatic carbocycles. The molecule has 2 heterocycles. The number of benzene rings is 1. The Morgan fingerprint density at radius 1 is 1.28 bits per heavy atom. The zero-order valence-electron chi connectivity index (χ0n) is 16.9. The van der Waals surface area contributed by atoms with E-state index in [1.165, 1.54) is 17.0 Å². The standard InChI is InChI=1S/C20H28FN5OS.HI/c1-3-22-20(24-13-19-15(2)25-14-28-19)23-12-18(26-8-10-27-11-9-26)16-4-6-17(21)7-5-16;/h4-7,14,18H,3,8-13H2,1-2H3,(H2,22,23,24);1H. The van der Waals surface area contributed by atoms with Gasteiger partial charge in [-0.05, 0) is 31.5 Å². The van der Waals surface area contributed by atoms with Gasteiger partial charge in [0, 0.05) is 31.1 Å². The van der Waals surface area contributed by atoms with Gasteiger partial charge in [-0.3, -0.25) is 4.90 Å². The predicted molar refractivity (Wildman–Crippen MR) is 127 cm³/mol. The van der Waals surface area contributed by atoms with Gasteiger partial charge in [-0.15, -0.1) is 35.3 Å². The number of rotatable bonds is 7. The first-order chi connectivity index (χ1) is 13.7. The molecule has 0 saturated carbocycles. The maximum absolute atomic E-state index is 13.4. The third-order valence-corrected chi connectivity index (χ3v) is 5.69. The summed E-state index contributed by atoms with van der Waals surface area (Å²) >= 11 is 1.62. The molecule has 6 nitrogen and oxygen atoms in total. The van der Waals surface area contributed by atoms with Crippen molar-refractivity contribution in [1.82, 2.24) is 20.5 Å². The fourth-order valence-corrected chi connectivity index (χ4v) is 3.90. The number of hydrogen-bond acceptors (Lipinski definition) is 5. The van der Waals surface area contributed by atoms with Crippen molar-refractivity contribution in [2.24, 2.45) is 4.99 Å². The molecule has 1 atom stereocenters. The van der Waals surface area contributed by atoms with E-state index in [-0.39, 0.29) is 35.8 Å². The van der Waals surface area contributed by atoms with Crippen LogP contribution in [0, 0.1) is 12.7 Å². The molecule has 1 aromatic heterocycles. The molecule has 0 amide bonds. The Balaban J connectivity index is 0.00000300. The quantitative estimate of drug-likeness (QED) is 0.325. The van der Waals surface area contributed by atoms with E-state index in [1.807, 2.05) is 24.6 Å². The molecule has 1 fully saturated rings. The SMILES string of the molecule is CCNC(=NCc1scnc1C)NCC(c1ccc(F)cc1)N1CCOCC1.I. The first kappa shape index (κ1) is 24.0. The topological polar surface area (TPSA) is 61.8 Å². The molecule has 3 rings (SSSR count). The predicted octanol–water partition coefficient (Wildman–Crippen LogP) is 3.34. The zero-order chi connectivity index (χ0) is 19.8. The van der Waals surface area contributed by atoms with Crippen LogP contribution < -0.4 is 10.6 Å². The lowest BCUT2D eigenvalue weighted by Crippen LogP contribution is -2.46. The molecular formula is C20H29FIN5OS. The van der Waals surface area contributed by atoms with E-state index < -0.39 is 0 Å². The second-order valence-corrected chi connectivity index (χ2v) is 7.59. The monoisotopic (exact) mass is 533 g/mol. The van der Waals surface area contributed by atoms with Crippen LogP contribution in [0.5, 0.6) is 0 Å². The van der Waals surface area contributed by atoms with E-state index in [0.717, 1.165) is 50.1 Å². The van der Waals surface area contributed by atoms with Crippen LogP contribution in [0.3, 0.4) is 0 Å². The minimum atomic E-state index is -0.215. The number of hydrogen-bond donors (Lipinski definition) is 2. The van der Waals surface area contributed by atoms with Crippen molar-refractivity contribution >= 4 is 41.3 Å². The maximum Gasteiger partial charge on any atom is 0.191 e. The van der Waals surface area contributed by atoms with E-state index in [9.17, 15) is 4.39 Å². The average molecular weight is 533 g/mol.